The van der Waals surface area contributed by atoms with Crippen LogP contribution < -0.4 is 5.32 Å². The predicted octanol–water partition coefficient (Wildman–Crippen LogP) is 3.17. The van der Waals surface area contributed by atoms with E-state index in [1.54, 1.807) is 30.0 Å². The van der Waals surface area contributed by atoms with Crippen molar-refractivity contribution in [2.45, 2.75) is 51.2 Å². The highest BCUT2D eigenvalue weighted by atomic mass is 35.5. The number of halogens is 1. The average molecular weight is 461 g/mol. The van der Waals surface area contributed by atoms with Crippen molar-refractivity contribution >= 4 is 35.5 Å². The van der Waals surface area contributed by atoms with Crippen molar-refractivity contribution in [3.05, 3.63) is 40.6 Å². The number of carbonyl (C=O) groups excluding carboxylic acids is 3. The number of fused-ring (bicyclic) bond motifs is 1. The SMILES string of the molecule is CCOC(=O)C1CCCN(C(=O)C2CCC3O/C(=C\c4cccc(Cl)c4)C(=O)NC3C2)C1. The van der Waals surface area contributed by atoms with Gasteiger partial charge in [-0.3, -0.25) is 14.4 Å². The zero-order valence-electron chi connectivity index (χ0n) is 18.2. The van der Waals surface area contributed by atoms with Crippen molar-refractivity contribution in [2.75, 3.05) is 19.7 Å². The van der Waals surface area contributed by atoms with E-state index in [4.69, 9.17) is 21.1 Å². The lowest BCUT2D eigenvalue weighted by Crippen LogP contribution is -2.55. The number of esters is 1. The van der Waals surface area contributed by atoms with Crippen molar-refractivity contribution in [1.29, 1.82) is 0 Å². The number of rotatable bonds is 4. The van der Waals surface area contributed by atoms with E-state index in [1.807, 2.05) is 12.1 Å². The fraction of sp³-hybridized carbons (Fsp3) is 0.542. The average Bonchev–Trinajstić information content (AvgIpc) is 2.79. The molecule has 172 valence electrons. The molecule has 3 aliphatic rings. The maximum atomic E-state index is 13.2. The van der Waals surface area contributed by atoms with Gasteiger partial charge in [0.2, 0.25) is 5.91 Å². The van der Waals surface area contributed by atoms with Gasteiger partial charge in [-0.15, -0.1) is 0 Å². The van der Waals surface area contributed by atoms with E-state index in [0.717, 1.165) is 18.4 Å². The van der Waals surface area contributed by atoms with Gasteiger partial charge < -0.3 is 19.7 Å². The van der Waals surface area contributed by atoms with Gasteiger partial charge in [0.05, 0.1) is 18.6 Å². The number of amides is 2. The van der Waals surface area contributed by atoms with Gasteiger partial charge in [-0.25, -0.2) is 0 Å². The first kappa shape index (κ1) is 22.6. The van der Waals surface area contributed by atoms with Crippen LogP contribution in [0.25, 0.3) is 6.08 Å². The van der Waals surface area contributed by atoms with Gasteiger partial charge in [0.25, 0.3) is 5.91 Å². The topological polar surface area (TPSA) is 84.9 Å². The minimum absolute atomic E-state index is 0.0620. The number of hydrogen-bond acceptors (Lipinski definition) is 5. The second-order valence-corrected chi connectivity index (χ2v) is 9.12. The van der Waals surface area contributed by atoms with Gasteiger partial charge >= 0.3 is 5.97 Å². The van der Waals surface area contributed by atoms with Gasteiger partial charge in [-0.05, 0) is 62.8 Å². The van der Waals surface area contributed by atoms with Crippen LogP contribution in [0.5, 0.6) is 0 Å². The molecule has 1 saturated carbocycles. The van der Waals surface area contributed by atoms with E-state index in [1.165, 1.54) is 0 Å². The highest BCUT2D eigenvalue weighted by Gasteiger charge is 2.42. The Balaban J connectivity index is 1.37. The summed E-state index contributed by atoms with van der Waals surface area (Å²) in [6.07, 6.45) is 5.01. The van der Waals surface area contributed by atoms with Gasteiger partial charge in [0.1, 0.15) is 6.10 Å². The molecule has 2 aliphatic heterocycles. The summed E-state index contributed by atoms with van der Waals surface area (Å²) in [4.78, 5) is 39.7. The van der Waals surface area contributed by atoms with Gasteiger partial charge in [0.15, 0.2) is 5.76 Å². The van der Waals surface area contributed by atoms with E-state index in [0.29, 0.717) is 44.0 Å². The number of carbonyl (C=O) groups is 3. The van der Waals surface area contributed by atoms with E-state index >= 15 is 0 Å². The molecule has 0 spiro atoms. The summed E-state index contributed by atoms with van der Waals surface area (Å²) in [6, 6.07) is 7.03. The van der Waals surface area contributed by atoms with Gasteiger partial charge in [-0.2, -0.15) is 0 Å². The van der Waals surface area contributed by atoms with Crippen LogP contribution in [0.2, 0.25) is 5.02 Å². The molecule has 1 aromatic rings. The molecule has 1 aromatic carbocycles. The lowest BCUT2D eigenvalue weighted by atomic mass is 9.81. The summed E-state index contributed by atoms with van der Waals surface area (Å²) in [5, 5.41) is 3.62. The summed E-state index contributed by atoms with van der Waals surface area (Å²) in [5.41, 5.74) is 0.797. The third kappa shape index (κ3) is 5.09. The van der Waals surface area contributed by atoms with E-state index < -0.39 is 0 Å². The zero-order chi connectivity index (χ0) is 22.7. The Labute approximate surface area is 193 Å². The largest absolute Gasteiger partial charge is 0.483 e. The van der Waals surface area contributed by atoms with E-state index in [-0.39, 0.29) is 47.5 Å². The molecule has 7 nitrogen and oxygen atoms in total. The van der Waals surface area contributed by atoms with Crippen LogP contribution in [-0.4, -0.2) is 54.5 Å². The number of hydrogen-bond donors (Lipinski definition) is 1. The molecule has 2 amide bonds. The summed E-state index contributed by atoms with van der Waals surface area (Å²) in [6.45, 7) is 3.22. The van der Waals surface area contributed by atoms with Gasteiger partial charge in [0, 0.05) is 24.0 Å². The third-order valence-electron chi connectivity index (χ3n) is 6.45. The molecule has 2 heterocycles. The number of morpholine rings is 1. The molecular formula is C24H29ClN2O5. The van der Waals surface area contributed by atoms with Crippen molar-refractivity contribution < 1.29 is 23.9 Å². The van der Waals surface area contributed by atoms with Crippen LogP contribution >= 0.6 is 11.6 Å². The zero-order valence-corrected chi connectivity index (χ0v) is 19.0. The molecule has 0 bridgehead atoms. The van der Waals surface area contributed by atoms with Gasteiger partial charge in [-0.1, -0.05) is 23.7 Å². The van der Waals surface area contributed by atoms with Crippen LogP contribution in [0, 0.1) is 11.8 Å². The highest BCUT2D eigenvalue weighted by Crippen LogP contribution is 2.33. The lowest BCUT2D eigenvalue weighted by molar-refractivity contribution is -0.153. The molecule has 0 aromatic heterocycles. The van der Waals surface area contributed by atoms with Crippen molar-refractivity contribution in [1.82, 2.24) is 10.2 Å². The minimum Gasteiger partial charge on any atom is -0.483 e. The monoisotopic (exact) mass is 460 g/mol. The number of piperidine rings is 1. The molecule has 4 unspecified atom stereocenters. The van der Waals surface area contributed by atoms with Crippen LogP contribution in [-0.2, 0) is 23.9 Å². The molecule has 4 rings (SSSR count). The van der Waals surface area contributed by atoms with E-state index in [9.17, 15) is 14.4 Å². The Hall–Kier alpha value is -2.54. The number of likely N-dealkylation sites (tertiary alicyclic amines) is 1. The molecule has 2 saturated heterocycles. The molecule has 4 atom stereocenters. The quantitative estimate of drug-likeness (QED) is 0.551. The molecule has 3 fully saturated rings. The van der Waals surface area contributed by atoms with Crippen LogP contribution in [0.3, 0.4) is 0 Å². The van der Waals surface area contributed by atoms with Crippen LogP contribution in [0.1, 0.15) is 44.6 Å². The molecule has 1 aliphatic carbocycles. The number of ether oxygens (including phenoxy) is 2. The first-order chi connectivity index (χ1) is 15.4. The first-order valence-corrected chi connectivity index (χ1v) is 11.7. The summed E-state index contributed by atoms with van der Waals surface area (Å²) >= 11 is 6.03. The Morgan fingerprint density at radius 3 is 2.91 bits per heavy atom. The minimum atomic E-state index is -0.278. The molecule has 0 radical (unpaired) electrons. The fourth-order valence-corrected chi connectivity index (χ4v) is 5.05. The highest BCUT2D eigenvalue weighted by molar-refractivity contribution is 6.30. The number of nitrogens with zero attached hydrogens (tertiary/aromatic N) is 1. The predicted molar refractivity (Wildman–Crippen MR) is 120 cm³/mol. The van der Waals surface area contributed by atoms with Crippen LogP contribution in [0.4, 0.5) is 0 Å². The summed E-state index contributed by atoms with van der Waals surface area (Å²) in [7, 11) is 0. The number of nitrogens with one attached hydrogen (secondary N) is 1. The molecule has 8 heteroatoms. The smallest absolute Gasteiger partial charge is 0.310 e. The Morgan fingerprint density at radius 1 is 1.28 bits per heavy atom. The maximum absolute atomic E-state index is 13.2. The van der Waals surface area contributed by atoms with Crippen molar-refractivity contribution in [2.24, 2.45) is 11.8 Å². The van der Waals surface area contributed by atoms with E-state index in [2.05, 4.69) is 5.32 Å². The maximum Gasteiger partial charge on any atom is 0.310 e. The molecule has 32 heavy (non-hydrogen) atoms. The summed E-state index contributed by atoms with van der Waals surface area (Å²) in [5.74, 6) is -0.598. The summed E-state index contributed by atoms with van der Waals surface area (Å²) < 4.78 is 11.2. The third-order valence-corrected chi connectivity index (χ3v) is 6.69. The van der Waals surface area contributed by atoms with Crippen LogP contribution in [0.15, 0.2) is 30.0 Å². The normalized spacial score (nSPS) is 29.0. The Kier molecular flexibility index (Phi) is 7.04. The van der Waals surface area contributed by atoms with Crippen molar-refractivity contribution in [3.8, 4) is 0 Å². The fourth-order valence-electron chi connectivity index (χ4n) is 4.85. The molecular weight excluding hydrogens is 432 g/mol. The second-order valence-electron chi connectivity index (χ2n) is 8.69. The first-order valence-electron chi connectivity index (χ1n) is 11.3. The Morgan fingerprint density at radius 2 is 2.12 bits per heavy atom. The van der Waals surface area contributed by atoms with Crippen molar-refractivity contribution in [3.63, 3.8) is 0 Å². The molecule has 1 N–H and O–H groups in total. The Bertz CT molecular complexity index is 917. The standard InChI is InChI=1S/C24H29ClN2O5/c1-2-31-24(30)17-6-4-10-27(14-17)23(29)16-8-9-20-19(13-16)26-22(28)21(32-20)12-15-5-3-7-18(25)11-15/h3,5,7,11-12,16-17,19-20H,2,4,6,8-10,13-14H2,1H3,(H,26,28)/b21-12-. The number of benzene rings is 1. The second kappa shape index (κ2) is 9.94. The lowest BCUT2D eigenvalue weighted by Gasteiger charge is -2.41.